The van der Waals surface area contributed by atoms with Crippen LogP contribution in [0.15, 0.2) is 12.2 Å². The van der Waals surface area contributed by atoms with Crippen LogP contribution in [0.5, 0.6) is 0 Å². The molecule has 0 aromatic rings. The Kier molecular flexibility index (Phi) is 3.46. The molecule has 10 heavy (non-hydrogen) atoms. The lowest BCUT2D eigenvalue weighted by molar-refractivity contribution is 0.125. The van der Waals surface area contributed by atoms with E-state index in [1.165, 1.54) is 0 Å². The van der Waals surface area contributed by atoms with Crippen molar-refractivity contribution in [1.29, 1.82) is 0 Å². The van der Waals surface area contributed by atoms with Gasteiger partial charge in [-0.15, -0.1) is 0 Å². The SMILES string of the molecule is C=C(C)C(C)(C)OP(O)O. The molecule has 60 valence electrons. The van der Waals surface area contributed by atoms with E-state index in [0.717, 1.165) is 5.57 Å². The Hall–Kier alpha value is 0.0500. The van der Waals surface area contributed by atoms with Gasteiger partial charge in [0.15, 0.2) is 0 Å². The fraction of sp³-hybridized carbons (Fsp3) is 0.667. The summed E-state index contributed by atoms with van der Waals surface area (Å²) in [4.78, 5) is 17.0. The monoisotopic (exact) mass is 164 g/mol. The lowest BCUT2D eigenvalue weighted by atomic mass is 10.0. The smallest absolute Gasteiger partial charge is 0.327 e. The fourth-order valence-electron chi connectivity index (χ4n) is 0.282. The molecule has 2 N–H and O–H groups in total. The highest BCUT2D eigenvalue weighted by Gasteiger charge is 2.22. The van der Waals surface area contributed by atoms with E-state index >= 15 is 0 Å². The largest absolute Gasteiger partial charge is 0.328 e. The second kappa shape index (κ2) is 3.44. The molecule has 0 unspecified atom stereocenters. The topological polar surface area (TPSA) is 49.7 Å². The van der Waals surface area contributed by atoms with Crippen LogP contribution in [0.25, 0.3) is 0 Å². The van der Waals surface area contributed by atoms with E-state index in [9.17, 15) is 0 Å². The molecule has 0 fully saturated rings. The molecule has 0 heterocycles. The third kappa shape index (κ3) is 3.28. The van der Waals surface area contributed by atoms with E-state index in [1.807, 2.05) is 0 Å². The second-order valence-corrected chi connectivity index (χ2v) is 3.32. The first-order valence-electron chi connectivity index (χ1n) is 2.89. The molecule has 0 spiro atoms. The maximum absolute atomic E-state index is 8.49. The Morgan fingerprint density at radius 3 is 2.00 bits per heavy atom. The molecular formula is C6H13O3P. The minimum Gasteiger partial charge on any atom is -0.328 e. The Morgan fingerprint density at radius 2 is 1.90 bits per heavy atom. The highest BCUT2D eigenvalue weighted by molar-refractivity contribution is 7.39. The van der Waals surface area contributed by atoms with E-state index in [4.69, 9.17) is 14.3 Å². The molecule has 0 aliphatic heterocycles. The van der Waals surface area contributed by atoms with Crippen LogP contribution in [-0.2, 0) is 4.52 Å². The average Bonchev–Trinajstić information content (AvgIpc) is 1.60. The van der Waals surface area contributed by atoms with Crippen molar-refractivity contribution in [2.75, 3.05) is 0 Å². The summed E-state index contributed by atoms with van der Waals surface area (Å²) in [6, 6.07) is 0. The van der Waals surface area contributed by atoms with Crippen molar-refractivity contribution in [2.45, 2.75) is 26.4 Å². The second-order valence-electron chi connectivity index (χ2n) is 2.63. The summed E-state index contributed by atoms with van der Waals surface area (Å²) >= 11 is 0. The Morgan fingerprint density at radius 1 is 1.50 bits per heavy atom. The molecule has 0 saturated carbocycles. The van der Waals surface area contributed by atoms with Gasteiger partial charge in [-0.1, -0.05) is 6.58 Å². The molecule has 0 amide bonds. The van der Waals surface area contributed by atoms with Crippen LogP contribution in [0.4, 0.5) is 0 Å². The van der Waals surface area contributed by atoms with Crippen LogP contribution in [0.2, 0.25) is 0 Å². The highest BCUT2D eigenvalue weighted by atomic mass is 31.2. The standard InChI is InChI=1S/C6H13O3P/c1-5(2)6(3,4)9-10(7)8/h7-8H,1H2,2-4H3. The predicted molar refractivity (Wildman–Crippen MR) is 41.3 cm³/mol. The van der Waals surface area contributed by atoms with E-state index in [2.05, 4.69) is 6.58 Å². The van der Waals surface area contributed by atoms with Gasteiger partial charge in [-0.2, -0.15) is 0 Å². The lowest BCUT2D eigenvalue weighted by Crippen LogP contribution is -2.22. The van der Waals surface area contributed by atoms with Crippen molar-refractivity contribution < 1.29 is 14.3 Å². The molecule has 3 nitrogen and oxygen atoms in total. The molecule has 0 bridgehead atoms. The van der Waals surface area contributed by atoms with Crippen LogP contribution >= 0.6 is 8.60 Å². The first kappa shape index (κ1) is 10.0. The highest BCUT2D eigenvalue weighted by Crippen LogP contribution is 2.35. The maximum atomic E-state index is 8.49. The Labute approximate surface area is 62.3 Å². The van der Waals surface area contributed by atoms with Crippen LogP contribution in [0.1, 0.15) is 20.8 Å². The Balaban J connectivity index is 4.00. The molecule has 0 aliphatic carbocycles. The first-order valence-corrected chi connectivity index (χ1v) is 4.06. The van der Waals surface area contributed by atoms with Crippen LogP contribution in [0.3, 0.4) is 0 Å². The molecule has 4 heteroatoms. The summed E-state index contributed by atoms with van der Waals surface area (Å²) in [6.45, 7) is 8.89. The van der Waals surface area contributed by atoms with Gasteiger partial charge < -0.3 is 14.3 Å². The number of hydrogen-bond donors (Lipinski definition) is 2. The summed E-state index contributed by atoms with van der Waals surface area (Å²) in [5.74, 6) is 0. The zero-order chi connectivity index (χ0) is 8.36. The number of rotatable bonds is 3. The van der Waals surface area contributed by atoms with Crippen molar-refractivity contribution in [1.82, 2.24) is 0 Å². The third-order valence-electron chi connectivity index (χ3n) is 1.34. The summed E-state index contributed by atoms with van der Waals surface area (Å²) in [5, 5.41) is 0. The van der Waals surface area contributed by atoms with Gasteiger partial charge >= 0.3 is 8.60 Å². The fourth-order valence-corrected chi connectivity index (χ4v) is 0.846. The van der Waals surface area contributed by atoms with Crippen molar-refractivity contribution in [3.05, 3.63) is 12.2 Å². The summed E-state index contributed by atoms with van der Waals surface area (Å²) < 4.78 is 4.78. The van der Waals surface area contributed by atoms with E-state index < -0.39 is 14.2 Å². The van der Waals surface area contributed by atoms with Gasteiger partial charge in [0.25, 0.3) is 0 Å². The summed E-state index contributed by atoms with van der Waals surface area (Å²) in [7, 11) is -2.28. The quantitative estimate of drug-likeness (QED) is 0.491. The first-order chi connectivity index (χ1) is 4.36. The van der Waals surface area contributed by atoms with E-state index in [0.29, 0.717) is 0 Å². The molecule has 0 radical (unpaired) electrons. The zero-order valence-electron chi connectivity index (χ0n) is 6.46. The van der Waals surface area contributed by atoms with Crippen molar-refractivity contribution in [3.63, 3.8) is 0 Å². The van der Waals surface area contributed by atoms with Crippen LogP contribution in [-0.4, -0.2) is 15.4 Å². The van der Waals surface area contributed by atoms with Gasteiger partial charge in [0.2, 0.25) is 0 Å². The van der Waals surface area contributed by atoms with E-state index in [-0.39, 0.29) is 0 Å². The lowest BCUT2D eigenvalue weighted by Gasteiger charge is -2.25. The average molecular weight is 164 g/mol. The van der Waals surface area contributed by atoms with Gasteiger partial charge in [-0.25, -0.2) is 0 Å². The zero-order valence-corrected chi connectivity index (χ0v) is 7.35. The molecule has 0 rings (SSSR count). The van der Waals surface area contributed by atoms with Crippen LogP contribution < -0.4 is 0 Å². The van der Waals surface area contributed by atoms with Crippen LogP contribution in [0, 0.1) is 0 Å². The molecule has 0 saturated heterocycles. The van der Waals surface area contributed by atoms with Crippen molar-refractivity contribution in [3.8, 4) is 0 Å². The van der Waals surface area contributed by atoms with Gasteiger partial charge in [0.05, 0.1) is 5.60 Å². The molecule has 0 aromatic heterocycles. The minimum atomic E-state index is -2.28. The van der Waals surface area contributed by atoms with Gasteiger partial charge in [0, 0.05) is 0 Å². The molecular weight excluding hydrogens is 151 g/mol. The van der Waals surface area contributed by atoms with Gasteiger partial charge in [-0.05, 0) is 26.3 Å². The van der Waals surface area contributed by atoms with Crippen molar-refractivity contribution >= 4 is 8.60 Å². The van der Waals surface area contributed by atoms with Crippen molar-refractivity contribution in [2.24, 2.45) is 0 Å². The summed E-state index contributed by atoms with van der Waals surface area (Å²) in [6.07, 6.45) is 0. The van der Waals surface area contributed by atoms with E-state index in [1.54, 1.807) is 20.8 Å². The number of hydrogen-bond acceptors (Lipinski definition) is 3. The molecule has 0 atom stereocenters. The normalized spacial score (nSPS) is 12.2. The Bertz CT molecular complexity index is 131. The molecule has 0 aromatic carbocycles. The maximum Gasteiger partial charge on any atom is 0.327 e. The van der Waals surface area contributed by atoms with Gasteiger partial charge in [0.1, 0.15) is 0 Å². The minimum absolute atomic E-state index is 0.644. The summed E-state index contributed by atoms with van der Waals surface area (Å²) in [5.41, 5.74) is 0.123. The predicted octanol–water partition coefficient (Wildman–Crippen LogP) is 1.57. The third-order valence-corrected chi connectivity index (χ3v) is 1.96. The van der Waals surface area contributed by atoms with Gasteiger partial charge in [-0.3, -0.25) is 0 Å². The molecule has 0 aliphatic rings.